The van der Waals surface area contributed by atoms with E-state index < -0.39 is 45.2 Å². The van der Waals surface area contributed by atoms with Crippen LogP contribution in [-0.2, 0) is 23.9 Å². The van der Waals surface area contributed by atoms with Gasteiger partial charge in [0.2, 0.25) is 0 Å². The highest BCUT2D eigenvalue weighted by Gasteiger charge is 2.83. The number of fused-ring (bicyclic) bond motifs is 3. The maximum Gasteiger partial charge on any atom is 0.316 e. The molecule has 1 aliphatic heterocycles. The summed E-state index contributed by atoms with van der Waals surface area (Å²) in [6, 6.07) is 0. The van der Waals surface area contributed by atoms with E-state index in [2.05, 4.69) is 0 Å². The first-order valence-corrected chi connectivity index (χ1v) is 9.30. The summed E-state index contributed by atoms with van der Waals surface area (Å²) in [6.07, 6.45) is 3.01. The largest absolute Gasteiger partial charge is 0.461 e. The number of hydrogen-bond acceptors (Lipinski definition) is 5. The molecule has 1 heterocycles. The van der Waals surface area contributed by atoms with Crippen molar-refractivity contribution in [3.63, 3.8) is 0 Å². The van der Waals surface area contributed by atoms with Crippen molar-refractivity contribution in [3.8, 4) is 0 Å². The molecule has 5 nitrogen and oxygen atoms in total. The summed E-state index contributed by atoms with van der Waals surface area (Å²) >= 11 is 12.7. The molecule has 3 fully saturated rings. The van der Waals surface area contributed by atoms with Gasteiger partial charge in [-0.05, 0) is 31.3 Å². The summed E-state index contributed by atoms with van der Waals surface area (Å²) in [5, 5.41) is 0. The van der Waals surface area contributed by atoms with Gasteiger partial charge in [0, 0.05) is 13.3 Å². The highest BCUT2D eigenvalue weighted by molar-refractivity contribution is 6.53. The Hall–Kier alpha value is -1.07. The molecule has 3 aliphatic carbocycles. The quantitative estimate of drug-likeness (QED) is 0.511. The topological polar surface area (TPSA) is 69.7 Å². The molecule has 136 valence electrons. The molecular weight excluding hydrogens is 367 g/mol. The summed E-state index contributed by atoms with van der Waals surface area (Å²) in [5.41, 5.74) is -2.06. The summed E-state index contributed by atoms with van der Waals surface area (Å²) in [5.74, 6) is -1.58. The van der Waals surface area contributed by atoms with Gasteiger partial charge in [-0.3, -0.25) is 14.4 Å². The van der Waals surface area contributed by atoms with Gasteiger partial charge in [-0.2, -0.15) is 0 Å². The van der Waals surface area contributed by atoms with Gasteiger partial charge in [0.05, 0.1) is 11.3 Å². The van der Waals surface area contributed by atoms with E-state index in [0.29, 0.717) is 6.42 Å². The molecule has 0 bridgehead atoms. The van der Waals surface area contributed by atoms with Gasteiger partial charge in [-0.25, -0.2) is 0 Å². The predicted octanol–water partition coefficient (Wildman–Crippen LogP) is 2.82. The van der Waals surface area contributed by atoms with Crippen molar-refractivity contribution in [1.82, 2.24) is 0 Å². The molecule has 4 aliphatic rings. The molecule has 0 aromatic heterocycles. The Morgan fingerprint density at radius 2 is 2.00 bits per heavy atom. The number of hydrogen-bond donors (Lipinski definition) is 0. The molecule has 1 spiro atoms. The smallest absolute Gasteiger partial charge is 0.316 e. The highest BCUT2D eigenvalue weighted by atomic mass is 35.5. The maximum atomic E-state index is 12.8. The Bertz CT molecular complexity index is 716. The summed E-state index contributed by atoms with van der Waals surface area (Å²) in [7, 11) is 0. The van der Waals surface area contributed by atoms with E-state index in [0.717, 1.165) is 0 Å². The third-order valence-corrected chi connectivity index (χ3v) is 7.67. The normalized spacial score (nSPS) is 49.4. The number of carbonyl (C=O) groups is 3. The average molecular weight is 387 g/mol. The first-order valence-electron chi connectivity index (χ1n) is 8.54. The number of alkyl halides is 2. The first kappa shape index (κ1) is 17.3. The fourth-order valence-electron chi connectivity index (χ4n) is 5.41. The fraction of sp³-hybridized carbons (Fsp3) is 0.722. The third-order valence-electron chi connectivity index (χ3n) is 6.73. The van der Waals surface area contributed by atoms with Crippen LogP contribution in [-0.4, -0.2) is 34.3 Å². The molecule has 7 atom stereocenters. The Kier molecular flexibility index (Phi) is 3.47. The van der Waals surface area contributed by atoms with Gasteiger partial charge in [0.15, 0.2) is 5.78 Å². The van der Waals surface area contributed by atoms with Crippen LogP contribution < -0.4 is 0 Å². The zero-order valence-corrected chi connectivity index (χ0v) is 15.8. The second kappa shape index (κ2) is 5.01. The molecule has 0 aromatic rings. The second-order valence-electron chi connectivity index (χ2n) is 8.10. The molecule has 7 heteroatoms. The van der Waals surface area contributed by atoms with E-state index in [1.165, 1.54) is 6.92 Å². The van der Waals surface area contributed by atoms with Crippen LogP contribution in [0.4, 0.5) is 0 Å². The molecule has 1 saturated heterocycles. The Balaban J connectivity index is 1.88. The van der Waals surface area contributed by atoms with Crippen molar-refractivity contribution < 1.29 is 23.9 Å². The number of esters is 2. The molecule has 0 amide bonds. The Morgan fingerprint density at radius 3 is 2.56 bits per heavy atom. The lowest BCUT2D eigenvalue weighted by Crippen LogP contribution is -2.51. The molecule has 2 saturated carbocycles. The fourth-order valence-corrected chi connectivity index (χ4v) is 6.24. The molecule has 0 unspecified atom stereocenters. The van der Waals surface area contributed by atoms with E-state index in [1.807, 2.05) is 19.9 Å². The van der Waals surface area contributed by atoms with E-state index in [4.69, 9.17) is 32.7 Å². The van der Waals surface area contributed by atoms with Crippen LogP contribution in [0.3, 0.4) is 0 Å². The Morgan fingerprint density at radius 1 is 1.36 bits per heavy atom. The summed E-state index contributed by atoms with van der Waals surface area (Å²) in [4.78, 5) is 37.3. The number of allylic oxidation sites excluding steroid dienone is 2. The van der Waals surface area contributed by atoms with Crippen molar-refractivity contribution >= 4 is 40.9 Å². The van der Waals surface area contributed by atoms with Crippen molar-refractivity contribution in [3.05, 3.63) is 12.2 Å². The Labute approximate surface area is 156 Å². The van der Waals surface area contributed by atoms with Gasteiger partial charge < -0.3 is 9.47 Å². The van der Waals surface area contributed by atoms with Crippen molar-refractivity contribution in [1.29, 1.82) is 0 Å². The average Bonchev–Trinajstić information content (AvgIpc) is 2.81. The predicted molar refractivity (Wildman–Crippen MR) is 89.9 cm³/mol. The molecule has 0 aromatic carbocycles. The van der Waals surface area contributed by atoms with Gasteiger partial charge in [-0.1, -0.05) is 13.0 Å². The lowest BCUT2D eigenvalue weighted by Gasteiger charge is -2.40. The summed E-state index contributed by atoms with van der Waals surface area (Å²) < 4.78 is 10.1. The van der Waals surface area contributed by atoms with Crippen LogP contribution in [0.25, 0.3) is 0 Å². The van der Waals surface area contributed by atoms with Crippen molar-refractivity contribution in [2.75, 3.05) is 0 Å². The SMILES string of the molecule is CC(=O)O[C@H]1[C@H]2[C@@H](C[C@@H](C)[C@@H]3C=CC(=O)[C@]31C)OC(=O)[C@@]21CC1(Cl)Cl. The second-order valence-corrected chi connectivity index (χ2v) is 9.58. The van der Waals surface area contributed by atoms with E-state index in [-0.39, 0.29) is 24.0 Å². The van der Waals surface area contributed by atoms with Crippen LogP contribution in [0.2, 0.25) is 0 Å². The zero-order valence-electron chi connectivity index (χ0n) is 14.3. The van der Waals surface area contributed by atoms with Gasteiger partial charge >= 0.3 is 11.9 Å². The van der Waals surface area contributed by atoms with E-state index in [1.54, 1.807) is 6.08 Å². The number of ketones is 1. The monoisotopic (exact) mass is 386 g/mol. The van der Waals surface area contributed by atoms with Crippen molar-refractivity contribution in [2.45, 2.75) is 50.2 Å². The summed E-state index contributed by atoms with van der Waals surface area (Å²) in [6.45, 7) is 5.15. The van der Waals surface area contributed by atoms with Gasteiger partial charge in [-0.15, -0.1) is 23.2 Å². The zero-order chi connectivity index (χ0) is 18.4. The van der Waals surface area contributed by atoms with Crippen LogP contribution >= 0.6 is 23.2 Å². The molecule has 4 rings (SSSR count). The van der Waals surface area contributed by atoms with E-state index in [9.17, 15) is 14.4 Å². The number of halogens is 2. The number of rotatable bonds is 1. The first-order chi connectivity index (χ1) is 11.6. The maximum absolute atomic E-state index is 12.8. The highest BCUT2D eigenvalue weighted by Crippen LogP contribution is 2.74. The molecule has 0 N–H and O–H groups in total. The molecule has 0 radical (unpaired) electrons. The minimum atomic E-state index is -1.25. The van der Waals surface area contributed by atoms with Crippen molar-refractivity contribution in [2.24, 2.45) is 28.6 Å². The van der Waals surface area contributed by atoms with Crippen LogP contribution in [0, 0.1) is 28.6 Å². The van der Waals surface area contributed by atoms with E-state index >= 15 is 0 Å². The van der Waals surface area contributed by atoms with Gasteiger partial charge in [0.1, 0.15) is 22.0 Å². The number of ether oxygens (including phenoxy) is 2. The molecule has 25 heavy (non-hydrogen) atoms. The standard InChI is InChI=1S/C18H20Cl2O5/c1-8-6-11-13(17(15(23)25-11)7-18(17,19)20)14(24-9(2)21)16(3)10(8)4-5-12(16)22/h4-5,8,10-11,13-14H,6-7H2,1-3H3/t8-,10+,11-,13-,14+,16+,17-/m1/s1. The van der Waals surface area contributed by atoms with Gasteiger partial charge in [0.25, 0.3) is 0 Å². The molecular formula is C18H20Cl2O5. The van der Waals surface area contributed by atoms with Crippen LogP contribution in [0.15, 0.2) is 12.2 Å². The lowest BCUT2D eigenvalue weighted by atomic mass is 9.65. The van der Waals surface area contributed by atoms with Crippen LogP contribution in [0.1, 0.15) is 33.6 Å². The lowest BCUT2D eigenvalue weighted by molar-refractivity contribution is -0.166. The minimum absolute atomic E-state index is 0.0857. The third kappa shape index (κ3) is 2.00. The minimum Gasteiger partial charge on any atom is -0.461 e. The van der Waals surface area contributed by atoms with Crippen LogP contribution in [0.5, 0.6) is 0 Å². The number of carbonyl (C=O) groups excluding carboxylic acids is 3.